The van der Waals surface area contributed by atoms with Crippen LogP contribution in [0.1, 0.15) is 28.2 Å². The van der Waals surface area contributed by atoms with E-state index in [1.54, 1.807) is 10.1 Å². The Hall–Kier alpha value is -2.69. The summed E-state index contributed by atoms with van der Waals surface area (Å²) >= 11 is 4.93. The summed E-state index contributed by atoms with van der Waals surface area (Å²) in [5, 5.41) is 13.3. The first-order valence-corrected chi connectivity index (χ1v) is 11.8. The Balaban J connectivity index is 1.38. The molecule has 160 valence electrons. The van der Waals surface area contributed by atoms with E-state index in [1.807, 2.05) is 30.3 Å². The first-order valence-electron chi connectivity index (χ1n) is 10.2. The number of anilines is 3. The Labute approximate surface area is 192 Å². The molecule has 0 unspecified atom stereocenters. The molecular weight excluding hydrogens is 478 g/mol. The summed E-state index contributed by atoms with van der Waals surface area (Å²) in [6.45, 7) is 3.68. The third-order valence-corrected chi connectivity index (χ3v) is 6.91. The zero-order valence-corrected chi connectivity index (χ0v) is 19.2. The molecular formula is C21H22BrN7OS. The predicted molar refractivity (Wildman–Crippen MR) is 128 cm³/mol. The summed E-state index contributed by atoms with van der Waals surface area (Å²) in [7, 11) is 0. The number of halogens is 1. The second-order valence-electron chi connectivity index (χ2n) is 7.47. The van der Waals surface area contributed by atoms with Crippen molar-refractivity contribution in [1.29, 1.82) is 0 Å². The standard InChI is InChI=1S/C21H22BrN7OS/c22-13-5-6-17-14(11-13)19(23)27-29(17)21-26-16(12-31-21)20(30)25-15-3-1-2-4-18(15)28-9-7-24-8-10-28/h1-4,11-12,24H,5-10H2,(H2,23,27)(H,25,30). The Morgan fingerprint density at radius 3 is 2.87 bits per heavy atom. The normalized spacial score (nSPS) is 16.0. The Kier molecular flexibility index (Phi) is 5.51. The van der Waals surface area contributed by atoms with E-state index in [2.05, 4.69) is 41.5 Å². The molecule has 1 aliphatic carbocycles. The molecule has 0 spiro atoms. The fraction of sp³-hybridized carbons (Fsp3) is 0.286. The van der Waals surface area contributed by atoms with Gasteiger partial charge >= 0.3 is 0 Å². The van der Waals surface area contributed by atoms with Gasteiger partial charge in [-0.2, -0.15) is 0 Å². The van der Waals surface area contributed by atoms with Gasteiger partial charge in [0.25, 0.3) is 5.91 Å². The van der Waals surface area contributed by atoms with Gasteiger partial charge in [-0.15, -0.1) is 16.4 Å². The third kappa shape index (κ3) is 3.98. The van der Waals surface area contributed by atoms with Crippen molar-refractivity contribution in [3.8, 4) is 5.13 Å². The van der Waals surface area contributed by atoms with E-state index in [1.165, 1.54) is 11.3 Å². The fourth-order valence-corrected chi connectivity index (χ4v) is 5.13. The molecule has 1 fully saturated rings. The Morgan fingerprint density at radius 1 is 1.23 bits per heavy atom. The zero-order valence-electron chi connectivity index (χ0n) is 16.8. The quantitative estimate of drug-likeness (QED) is 0.509. The van der Waals surface area contributed by atoms with Crippen molar-refractivity contribution >= 4 is 56.4 Å². The van der Waals surface area contributed by atoms with Gasteiger partial charge in [0.15, 0.2) is 5.82 Å². The van der Waals surface area contributed by atoms with E-state index in [0.29, 0.717) is 16.6 Å². The number of benzene rings is 1. The summed E-state index contributed by atoms with van der Waals surface area (Å²) < 4.78 is 2.87. The second kappa shape index (κ2) is 8.45. The molecule has 0 atom stereocenters. The van der Waals surface area contributed by atoms with Crippen LogP contribution in [0.15, 0.2) is 34.1 Å². The number of hydrogen-bond acceptors (Lipinski definition) is 7. The highest BCUT2D eigenvalue weighted by atomic mass is 79.9. The Bertz CT molecular complexity index is 1160. The highest BCUT2D eigenvalue weighted by Gasteiger charge is 2.23. The molecule has 31 heavy (non-hydrogen) atoms. The van der Waals surface area contributed by atoms with E-state index in [9.17, 15) is 4.79 Å². The highest BCUT2D eigenvalue weighted by Crippen LogP contribution is 2.33. The molecule has 1 aliphatic heterocycles. The minimum atomic E-state index is -0.235. The minimum Gasteiger partial charge on any atom is -0.382 e. The largest absolute Gasteiger partial charge is 0.382 e. The number of piperazine rings is 1. The highest BCUT2D eigenvalue weighted by molar-refractivity contribution is 9.11. The van der Waals surface area contributed by atoms with Crippen LogP contribution >= 0.6 is 27.3 Å². The first-order chi connectivity index (χ1) is 15.1. The number of thiazole rings is 1. The second-order valence-corrected chi connectivity index (χ2v) is 9.33. The van der Waals surface area contributed by atoms with Crippen LogP contribution < -0.4 is 21.3 Å². The number of fused-ring (bicyclic) bond motifs is 1. The van der Waals surface area contributed by atoms with E-state index < -0.39 is 0 Å². The van der Waals surface area contributed by atoms with Crippen LogP contribution in [0.25, 0.3) is 11.2 Å². The smallest absolute Gasteiger partial charge is 0.275 e. The molecule has 2 aliphatic rings. The van der Waals surface area contributed by atoms with Crippen molar-refractivity contribution in [2.75, 3.05) is 42.1 Å². The minimum absolute atomic E-state index is 0.235. The number of carbonyl (C=O) groups excluding carboxylic acids is 1. The monoisotopic (exact) mass is 499 g/mol. The molecule has 10 heteroatoms. The molecule has 1 aromatic carbocycles. The molecule has 0 radical (unpaired) electrons. The van der Waals surface area contributed by atoms with Crippen molar-refractivity contribution in [1.82, 2.24) is 20.1 Å². The van der Waals surface area contributed by atoms with Gasteiger partial charge in [0, 0.05) is 37.1 Å². The summed E-state index contributed by atoms with van der Waals surface area (Å²) in [6, 6.07) is 7.89. The number of nitrogens with zero attached hydrogens (tertiary/aromatic N) is 4. The van der Waals surface area contributed by atoms with Crippen molar-refractivity contribution in [2.45, 2.75) is 12.8 Å². The van der Waals surface area contributed by atoms with Gasteiger partial charge in [0.05, 0.1) is 17.1 Å². The zero-order chi connectivity index (χ0) is 21.4. The number of nitrogens with one attached hydrogen (secondary N) is 2. The molecule has 8 nitrogen and oxygen atoms in total. The molecule has 2 aromatic heterocycles. The fourth-order valence-electron chi connectivity index (χ4n) is 3.92. The van der Waals surface area contributed by atoms with Crippen LogP contribution in [0.3, 0.4) is 0 Å². The van der Waals surface area contributed by atoms with E-state index in [-0.39, 0.29) is 5.91 Å². The number of nitrogens with two attached hydrogens (primary N) is 1. The van der Waals surface area contributed by atoms with Gasteiger partial charge in [-0.1, -0.05) is 28.1 Å². The van der Waals surface area contributed by atoms with Gasteiger partial charge in [-0.05, 0) is 35.5 Å². The van der Waals surface area contributed by atoms with E-state index >= 15 is 0 Å². The van der Waals surface area contributed by atoms with Gasteiger partial charge in [0.2, 0.25) is 5.13 Å². The number of rotatable bonds is 4. The number of hydrogen-bond donors (Lipinski definition) is 3. The number of amides is 1. The molecule has 1 amide bonds. The Morgan fingerprint density at radius 2 is 2.03 bits per heavy atom. The van der Waals surface area contributed by atoms with Crippen LogP contribution in [0, 0.1) is 0 Å². The van der Waals surface area contributed by atoms with Gasteiger partial charge in [-0.25, -0.2) is 9.67 Å². The predicted octanol–water partition coefficient (Wildman–Crippen LogP) is 3.25. The maximum Gasteiger partial charge on any atom is 0.275 e. The number of aromatic nitrogens is 3. The van der Waals surface area contributed by atoms with Crippen LogP contribution in [-0.2, 0) is 6.42 Å². The lowest BCUT2D eigenvalue weighted by molar-refractivity contribution is 0.102. The van der Waals surface area contributed by atoms with E-state index in [4.69, 9.17) is 5.73 Å². The van der Waals surface area contributed by atoms with Crippen LogP contribution in [0.5, 0.6) is 0 Å². The lowest BCUT2D eigenvalue weighted by Gasteiger charge is -2.31. The summed E-state index contributed by atoms with van der Waals surface area (Å²) in [6.07, 6.45) is 3.71. The van der Waals surface area contributed by atoms with Crippen LogP contribution in [0.2, 0.25) is 0 Å². The summed E-state index contributed by atoms with van der Waals surface area (Å²) in [5.74, 6) is 0.236. The van der Waals surface area contributed by atoms with E-state index in [0.717, 1.165) is 66.1 Å². The molecule has 3 aromatic rings. The lowest BCUT2D eigenvalue weighted by atomic mass is 10.0. The third-order valence-electron chi connectivity index (χ3n) is 5.47. The average Bonchev–Trinajstić information content (AvgIpc) is 3.40. The van der Waals surface area contributed by atoms with Gasteiger partial charge in [0.1, 0.15) is 5.69 Å². The molecule has 0 bridgehead atoms. The SMILES string of the molecule is Nc1nn(-c2nc(C(=O)Nc3ccccc3N3CCNCC3)cs2)c2c1C=C(Br)CC2. The lowest BCUT2D eigenvalue weighted by Crippen LogP contribution is -2.43. The number of allylic oxidation sites excluding steroid dienone is 1. The van der Waals surface area contributed by atoms with Crippen molar-refractivity contribution in [3.05, 3.63) is 51.1 Å². The van der Waals surface area contributed by atoms with Crippen molar-refractivity contribution in [3.63, 3.8) is 0 Å². The molecule has 5 rings (SSSR count). The van der Waals surface area contributed by atoms with Gasteiger partial charge in [-0.3, -0.25) is 4.79 Å². The average molecular weight is 500 g/mol. The van der Waals surface area contributed by atoms with Crippen LogP contribution in [-0.4, -0.2) is 46.9 Å². The first kappa shape index (κ1) is 20.2. The molecule has 3 heterocycles. The van der Waals surface area contributed by atoms with Crippen molar-refractivity contribution in [2.24, 2.45) is 0 Å². The number of nitrogen functional groups attached to an aromatic ring is 1. The molecule has 1 saturated heterocycles. The maximum atomic E-state index is 13.0. The maximum absolute atomic E-state index is 13.0. The van der Waals surface area contributed by atoms with Crippen LogP contribution in [0.4, 0.5) is 17.2 Å². The van der Waals surface area contributed by atoms with Gasteiger partial charge < -0.3 is 21.3 Å². The molecule has 4 N–H and O–H groups in total. The molecule has 0 saturated carbocycles. The summed E-state index contributed by atoms with van der Waals surface area (Å²) in [5.41, 5.74) is 10.2. The topological polar surface area (TPSA) is 101 Å². The number of carbonyl (C=O) groups is 1. The summed E-state index contributed by atoms with van der Waals surface area (Å²) in [4.78, 5) is 19.8. The number of para-hydroxylation sites is 2. The van der Waals surface area contributed by atoms with Crippen molar-refractivity contribution < 1.29 is 4.79 Å².